The highest BCUT2D eigenvalue weighted by molar-refractivity contribution is 5.90. The molecule has 0 aliphatic heterocycles. The molecule has 0 fully saturated rings. The normalized spacial score (nSPS) is 9.57. The minimum absolute atomic E-state index is 0.108. The summed E-state index contributed by atoms with van der Waals surface area (Å²) < 4.78 is 0. The van der Waals surface area contributed by atoms with Crippen molar-refractivity contribution >= 4 is 17.7 Å². The molecular formula is C9H10N2O3. The van der Waals surface area contributed by atoms with Crippen molar-refractivity contribution in [2.75, 3.05) is 5.32 Å². The molecule has 0 atom stereocenters. The van der Waals surface area contributed by atoms with Gasteiger partial charge in [0.05, 0.1) is 5.56 Å². The molecule has 0 bridgehead atoms. The fourth-order valence-electron chi connectivity index (χ4n) is 0.989. The number of carbonyl (C=O) groups excluding carboxylic acids is 1. The summed E-state index contributed by atoms with van der Waals surface area (Å²) in [6.07, 6.45) is 1.21. The molecule has 0 unspecified atom stereocenters. The Morgan fingerprint density at radius 2 is 2.14 bits per heavy atom. The van der Waals surface area contributed by atoms with E-state index >= 15 is 0 Å². The summed E-state index contributed by atoms with van der Waals surface area (Å²) in [6, 6.07) is 1.46. The number of carboxylic acid groups (broad SMARTS) is 1. The Morgan fingerprint density at radius 1 is 1.50 bits per heavy atom. The van der Waals surface area contributed by atoms with Crippen LogP contribution in [0.4, 0.5) is 5.82 Å². The summed E-state index contributed by atoms with van der Waals surface area (Å²) in [6.45, 7) is 3.05. The minimum atomic E-state index is -1.03. The summed E-state index contributed by atoms with van der Waals surface area (Å²) in [7, 11) is 0. The smallest absolute Gasteiger partial charge is 0.337 e. The molecule has 0 aromatic carbocycles. The number of aryl methyl sites for hydroxylation is 1. The first-order valence-electron chi connectivity index (χ1n) is 3.98. The number of amides is 1. The topological polar surface area (TPSA) is 79.3 Å². The molecule has 74 valence electrons. The van der Waals surface area contributed by atoms with Gasteiger partial charge in [0, 0.05) is 13.1 Å². The van der Waals surface area contributed by atoms with E-state index in [-0.39, 0.29) is 11.5 Å². The molecule has 1 rings (SSSR count). The molecule has 0 aliphatic rings. The molecule has 14 heavy (non-hydrogen) atoms. The maximum atomic E-state index is 10.7. The lowest BCUT2D eigenvalue weighted by atomic mass is 10.2. The van der Waals surface area contributed by atoms with Crippen LogP contribution in [0.5, 0.6) is 0 Å². The van der Waals surface area contributed by atoms with Crippen molar-refractivity contribution in [2.24, 2.45) is 0 Å². The summed E-state index contributed by atoms with van der Waals surface area (Å²) in [4.78, 5) is 25.1. The predicted molar refractivity (Wildman–Crippen MR) is 50.2 cm³/mol. The van der Waals surface area contributed by atoms with Crippen LogP contribution in [0.15, 0.2) is 12.3 Å². The molecular weight excluding hydrogens is 184 g/mol. The Balaban J connectivity index is 3.01. The highest BCUT2D eigenvalue weighted by Gasteiger charge is 2.07. The van der Waals surface area contributed by atoms with Gasteiger partial charge in [0.1, 0.15) is 5.82 Å². The highest BCUT2D eigenvalue weighted by atomic mass is 16.4. The number of aromatic nitrogens is 1. The minimum Gasteiger partial charge on any atom is -0.478 e. The van der Waals surface area contributed by atoms with Crippen LogP contribution in [0.25, 0.3) is 0 Å². The van der Waals surface area contributed by atoms with Gasteiger partial charge in [-0.3, -0.25) is 4.79 Å². The Morgan fingerprint density at radius 3 is 2.57 bits per heavy atom. The first-order chi connectivity index (χ1) is 6.50. The number of aromatic carboxylic acids is 1. The maximum Gasteiger partial charge on any atom is 0.337 e. The third-order valence-corrected chi connectivity index (χ3v) is 1.62. The van der Waals surface area contributed by atoms with Crippen molar-refractivity contribution in [3.8, 4) is 0 Å². The number of hydrogen-bond donors (Lipinski definition) is 2. The Labute approximate surface area is 80.8 Å². The van der Waals surface area contributed by atoms with Gasteiger partial charge in [-0.15, -0.1) is 0 Å². The van der Waals surface area contributed by atoms with Crippen LogP contribution >= 0.6 is 0 Å². The van der Waals surface area contributed by atoms with Gasteiger partial charge in [-0.05, 0) is 18.6 Å². The number of nitrogens with zero attached hydrogens (tertiary/aromatic N) is 1. The van der Waals surface area contributed by atoms with Gasteiger partial charge in [0.15, 0.2) is 0 Å². The summed E-state index contributed by atoms with van der Waals surface area (Å²) in [5.74, 6) is -0.874. The zero-order valence-corrected chi connectivity index (χ0v) is 7.87. The van der Waals surface area contributed by atoms with Crippen LogP contribution in [-0.2, 0) is 4.79 Å². The number of anilines is 1. The van der Waals surface area contributed by atoms with E-state index in [0.717, 1.165) is 0 Å². The van der Waals surface area contributed by atoms with Crippen molar-refractivity contribution in [1.82, 2.24) is 4.98 Å². The molecule has 1 heterocycles. The lowest BCUT2D eigenvalue weighted by Crippen LogP contribution is -2.10. The number of nitrogens with one attached hydrogen (secondary N) is 1. The van der Waals surface area contributed by atoms with Crippen LogP contribution in [0.3, 0.4) is 0 Å². The standard InChI is InChI=1S/C9H10N2O3/c1-5-3-7(9(13)14)4-10-8(5)11-6(2)12/h3-4H,1-2H3,(H,13,14)(H,10,11,12). The largest absolute Gasteiger partial charge is 0.478 e. The molecule has 0 aliphatic carbocycles. The van der Waals surface area contributed by atoms with E-state index in [1.165, 1.54) is 19.2 Å². The fourth-order valence-corrected chi connectivity index (χ4v) is 0.989. The van der Waals surface area contributed by atoms with Crippen molar-refractivity contribution in [3.05, 3.63) is 23.4 Å². The molecule has 0 saturated heterocycles. The van der Waals surface area contributed by atoms with E-state index in [2.05, 4.69) is 10.3 Å². The van der Waals surface area contributed by atoms with Crippen LogP contribution in [0.2, 0.25) is 0 Å². The Kier molecular flexibility index (Phi) is 2.81. The molecule has 0 radical (unpaired) electrons. The van der Waals surface area contributed by atoms with Crippen molar-refractivity contribution in [1.29, 1.82) is 0 Å². The van der Waals surface area contributed by atoms with Crippen molar-refractivity contribution < 1.29 is 14.7 Å². The molecule has 5 heteroatoms. The maximum absolute atomic E-state index is 10.7. The molecule has 1 aromatic rings. The Hall–Kier alpha value is -1.91. The van der Waals surface area contributed by atoms with Gasteiger partial charge in [-0.25, -0.2) is 9.78 Å². The van der Waals surface area contributed by atoms with Gasteiger partial charge < -0.3 is 10.4 Å². The Bertz CT molecular complexity index is 388. The molecule has 0 spiro atoms. The summed E-state index contributed by atoms with van der Waals surface area (Å²) >= 11 is 0. The van der Waals surface area contributed by atoms with Crippen LogP contribution < -0.4 is 5.32 Å². The van der Waals surface area contributed by atoms with Gasteiger partial charge in [-0.1, -0.05) is 0 Å². The second-order valence-electron chi connectivity index (χ2n) is 2.88. The van der Waals surface area contributed by atoms with Crippen molar-refractivity contribution in [2.45, 2.75) is 13.8 Å². The second kappa shape index (κ2) is 3.87. The van der Waals surface area contributed by atoms with E-state index in [0.29, 0.717) is 11.4 Å². The van der Waals surface area contributed by atoms with E-state index < -0.39 is 5.97 Å². The van der Waals surface area contributed by atoms with Gasteiger partial charge in [-0.2, -0.15) is 0 Å². The number of pyridine rings is 1. The number of carboxylic acids is 1. The van der Waals surface area contributed by atoms with Gasteiger partial charge in [0.25, 0.3) is 0 Å². The molecule has 1 amide bonds. The number of rotatable bonds is 2. The molecule has 1 aromatic heterocycles. The van der Waals surface area contributed by atoms with Crippen LogP contribution in [0, 0.1) is 6.92 Å². The van der Waals surface area contributed by atoms with Crippen LogP contribution in [-0.4, -0.2) is 22.0 Å². The van der Waals surface area contributed by atoms with E-state index in [1.54, 1.807) is 6.92 Å². The first kappa shape index (κ1) is 10.2. The average molecular weight is 194 g/mol. The third-order valence-electron chi connectivity index (χ3n) is 1.62. The lowest BCUT2D eigenvalue weighted by molar-refractivity contribution is -0.114. The van der Waals surface area contributed by atoms with E-state index in [1.807, 2.05) is 0 Å². The molecule has 5 nitrogen and oxygen atoms in total. The second-order valence-corrected chi connectivity index (χ2v) is 2.88. The third kappa shape index (κ3) is 2.29. The monoisotopic (exact) mass is 194 g/mol. The zero-order chi connectivity index (χ0) is 10.7. The number of hydrogen-bond acceptors (Lipinski definition) is 3. The average Bonchev–Trinajstić information content (AvgIpc) is 2.07. The fraction of sp³-hybridized carbons (Fsp3) is 0.222. The van der Waals surface area contributed by atoms with Gasteiger partial charge >= 0.3 is 5.97 Å². The lowest BCUT2D eigenvalue weighted by Gasteiger charge is -2.05. The van der Waals surface area contributed by atoms with Crippen LogP contribution in [0.1, 0.15) is 22.8 Å². The molecule has 0 saturated carbocycles. The van der Waals surface area contributed by atoms with Gasteiger partial charge in [0.2, 0.25) is 5.91 Å². The molecule has 2 N–H and O–H groups in total. The quantitative estimate of drug-likeness (QED) is 0.737. The summed E-state index contributed by atoms with van der Waals surface area (Å²) in [5, 5.41) is 11.2. The predicted octanol–water partition coefficient (Wildman–Crippen LogP) is 1.05. The first-order valence-corrected chi connectivity index (χ1v) is 3.98. The number of carbonyl (C=O) groups is 2. The van der Waals surface area contributed by atoms with E-state index in [9.17, 15) is 9.59 Å². The highest BCUT2D eigenvalue weighted by Crippen LogP contribution is 2.12. The SMILES string of the molecule is CC(=O)Nc1ncc(C(=O)O)cc1C. The van der Waals surface area contributed by atoms with Crippen molar-refractivity contribution in [3.63, 3.8) is 0 Å². The van der Waals surface area contributed by atoms with E-state index in [4.69, 9.17) is 5.11 Å². The summed E-state index contributed by atoms with van der Waals surface area (Å²) in [5.41, 5.74) is 0.733. The zero-order valence-electron chi connectivity index (χ0n) is 7.87.